The van der Waals surface area contributed by atoms with Crippen molar-refractivity contribution in [3.63, 3.8) is 0 Å². The number of nitrogens with one attached hydrogen (secondary N) is 2. The highest BCUT2D eigenvalue weighted by molar-refractivity contribution is 5.88. The lowest BCUT2D eigenvalue weighted by Gasteiger charge is -2.06. The number of hydrogen-bond acceptors (Lipinski definition) is 3. The van der Waals surface area contributed by atoms with E-state index in [-0.39, 0.29) is 12.4 Å². The van der Waals surface area contributed by atoms with E-state index < -0.39 is 6.03 Å². The van der Waals surface area contributed by atoms with Crippen LogP contribution in [0.4, 0.5) is 15.0 Å². The summed E-state index contributed by atoms with van der Waals surface area (Å²) in [6.07, 6.45) is 0. The largest absolute Gasteiger partial charge is 0.360 e. The van der Waals surface area contributed by atoms with Gasteiger partial charge in [-0.15, -0.1) is 0 Å². The molecular weight excluding hydrogens is 249 g/mol. The number of anilines is 1. The minimum atomic E-state index is -0.422. The van der Waals surface area contributed by atoms with Crippen LogP contribution < -0.4 is 10.6 Å². The van der Waals surface area contributed by atoms with E-state index in [1.807, 2.05) is 0 Å². The van der Waals surface area contributed by atoms with Crippen molar-refractivity contribution in [1.29, 1.82) is 0 Å². The van der Waals surface area contributed by atoms with Crippen LogP contribution in [0.1, 0.15) is 16.9 Å². The molecule has 0 fully saturated rings. The Labute approximate surface area is 109 Å². The Balaban J connectivity index is 1.88. The van der Waals surface area contributed by atoms with Crippen molar-refractivity contribution in [2.75, 3.05) is 5.32 Å². The monoisotopic (exact) mass is 263 g/mol. The zero-order valence-electron chi connectivity index (χ0n) is 10.7. The maximum atomic E-state index is 13.3. The van der Waals surface area contributed by atoms with Gasteiger partial charge in [0.05, 0.1) is 0 Å². The standard InChI is InChI=1S/C13H14FN3O2/c1-8-3-4-10(6-11(8)14)7-15-13(18)16-12-5-9(2)19-17-12/h3-6H,7H2,1-2H3,(H2,15,16,17,18). The number of hydrogen-bond donors (Lipinski definition) is 2. The highest BCUT2D eigenvalue weighted by atomic mass is 19.1. The summed E-state index contributed by atoms with van der Waals surface area (Å²) < 4.78 is 18.1. The van der Waals surface area contributed by atoms with E-state index in [4.69, 9.17) is 4.52 Å². The van der Waals surface area contributed by atoms with Gasteiger partial charge in [-0.05, 0) is 31.0 Å². The summed E-state index contributed by atoms with van der Waals surface area (Å²) in [7, 11) is 0. The van der Waals surface area contributed by atoms with Crippen molar-refractivity contribution in [3.8, 4) is 0 Å². The van der Waals surface area contributed by atoms with Crippen molar-refractivity contribution in [2.24, 2.45) is 0 Å². The number of aryl methyl sites for hydroxylation is 2. The van der Waals surface area contributed by atoms with Crippen LogP contribution in [0, 0.1) is 19.7 Å². The molecule has 2 amide bonds. The molecule has 0 saturated carbocycles. The van der Waals surface area contributed by atoms with E-state index in [0.29, 0.717) is 22.7 Å². The molecule has 1 heterocycles. The maximum absolute atomic E-state index is 13.3. The van der Waals surface area contributed by atoms with Crippen LogP contribution in [0.5, 0.6) is 0 Å². The minimum absolute atomic E-state index is 0.236. The average molecular weight is 263 g/mol. The molecule has 0 bridgehead atoms. The van der Waals surface area contributed by atoms with E-state index in [9.17, 15) is 9.18 Å². The van der Waals surface area contributed by atoms with Gasteiger partial charge < -0.3 is 9.84 Å². The number of amides is 2. The average Bonchev–Trinajstić information content (AvgIpc) is 2.76. The maximum Gasteiger partial charge on any atom is 0.320 e. The molecule has 1 aromatic heterocycles. The first-order chi connectivity index (χ1) is 9.04. The molecule has 0 aliphatic carbocycles. The lowest BCUT2D eigenvalue weighted by molar-refractivity contribution is 0.251. The summed E-state index contributed by atoms with van der Waals surface area (Å²) in [5.41, 5.74) is 1.26. The van der Waals surface area contributed by atoms with Gasteiger partial charge in [-0.2, -0.15) is 0 Å². The molecule has 2 rings (SSSR count). The third-order valence-electron chi connectivity index (χ3n) is 2.56. The van der Waals surface area contributed by atoms with Gasteiger partial charge in [0.15, 0.2) is 5.82 Å². The van der Waals surface area contributed by atoms with E-state index in [2.05, 4.69) is 15.8 Å². The topological polar surface area (TPSA) is 67.2 Å². The lowest BCUT2D eigenvalue weighted by Crippen LogP contribution is -2.28. The number of benzene rings is 1. The van der Waals surface area contributed by atoms with E-state index >= 15 is 0 Å². The van der Waals surface area contributed by atoms with Crippen LogP contribution in [-0.4, -0.2) is 11.2 Å². The lowest BCUT2D eigenvalue weighted by atomic mass is 10.1. The van der Waals surface area contributed by atoms with Crippen LogP contribution in [0.25, 0.3) is 0 Å². The Kier molecular flexibility index (Phi) is 3.79. The molecule has 0 atom stereocenters. The second-order valence-corrected chi connectivity index (χ2v) is 4.21. The summed E-state index contributed by atoms with van der Waals surface area (Å²) in [6, 6.07) is 6.01. The van der Waals surface area contributed by atoms with Crippen molar-refractivity contribution in [2.45, 2.75) is 20.4 Å². The number of carbonyl (C=O) groups is 1. The quantitative estimate of drug-likeness (QED) is 0.894. The summed E-state index contributed by atoms with van der Waals surface area (Å²) >= 11 is 0. The predicted octanol–water partition coefficient (Wildman–Crippen LogP) is 2.75. The smallest absolute Gasteiger partial charge is 0.320 e. The second-order valence-electron chi connectivity index (χ2n) is 4.21. The molecule has 0 aliphatic heterocycles. The fourth-order valence-electron chi connectivity index (χ4n) is 1.51. The Hall–Kier alpha value is -2.37. The van der Waals surface area contributed by atoms with E-state index in [0.717, 1.165) is 0 Å². The van der Waals surface area contributed by atoms with Crippen LogP contribution in [-0.2, 0) is 6.54 Å². The van der Waals surface area contributed by atoms with Gasteiger partial charge in [-0.1, -0.05) is 17.3 Å². The summed E-state index contributed by atoms with van der Waals surface area (Å²) in [5.74, 6) is 0.660. The second kappa shape index (κ2) is 5.51. The van der Waals surface area contributed by atoms with Gasteiger partial charge in [0.25, 0.3) is 0 Å². The fraction of sp³-hybridized carbons (Fsp3) is 0.231. The van der Waals surface area contributed by atoms with Gasteiger partial charge in [-0.3, -0.25) is 5.32 Å². The SMILES string of the molecule is Cc1cc(NC(=O)NCc2ccc(C)c(F)c2)no1. The van der Waals surface area contributed by atoms with Crippen molar-refractivity contribution < 1.29 is 13.7 Å². The third-order valence-corrected chi connectivity index (χ3v) is 2.56. The molecule has 0 radical (unpaired) electrons. The van der Waals surface area contributed by atoms with Gasteiger partial charge in [-0.25, -0.2) is 9.18 Å². The predicted molar refractivity (Wildman–Crippen MR) is 68.2 cm³/mol. The van der Waals surface area contributed by atoms with Gasteiger partial charge in [0.2, 0.25) is 0 Å². The number of rotatable bonds is 3. The van der Waals surface area contributed by atoms with Crippen LogP contribution in [0.15, 0.2) is 28.8 Å². The highest BCUT2D eigenvalue weighted by Crippen LogP contribution is 2.09. The van der Waals surface area contributed by atoms with E-state index in [1.165, 1.54) is 6.07 Å². The number of carbonyl (C=O) groups excluding carboxylic acids is 1. The highest BCUT2D eigenvalue weighted by Gasteiger charge is 2.06. The number of urea groups is 1. The molecule has 5 nitrogen and oxygen atoms in total. The van der Waals surface area contributed by atoms with Crippen molar-refractivity contribution in [3.05, 3.63) is 47.0 Å². The van der Waals surface area contributed by atoms with Gasteiger partial charge in [0.1, 0.15) is 11.6 Å². The van der Waals surface area contributed by atoms with Gasteiger partial charge in [0, 0.05) is 12.6 Å². The molecular formula is C13H14FN3O2. The molecule has 100 valence electrons. The summed E-state index contributed by atoms with van der Waals surface area (Å²) in [4.78, 5) is 11.5. The summed E-state index contributed by atoms with van der Waals surface area (Å²) in [6.45, 7) is 3.65. The molecule has 2 N–H and O–H groups in total. The normalized spacial score (nSPS) is 10.3. The zero-order valence-corrected chi connectivity index (χ0v) is 10.7. The Morgan fingerprint density at radius 1 is 1.37 bits per heavy atom. The molecule has 0 saturated heterocycles. The number of nitrogens with zero attached hydrogens (tertiary/aromatic N) is 1. The van der Waals surface area contributed by atoms with Crippen molar-refractivity contribution >= 4 is 11.8 Å². The number of aromatic nitrogens is 1. The van der Waals surface area contributed by atoms with Crippen LogP contribution >= 0.6 is 0 Å². The Morgan fingerprint density at radius 2 is 2.16 bits per heavy atom. The molecule has 1 aromatic carbocycles. The minimum Gasteiger partial charge on any atom is -0.360 e. The Bertz CT molecular complexity index is 595. The Morgan fingerprint density at radius 3 is 2.79 bits per heavy atom. The van der Waals surface area contributed by atoms with Crippen molar-refractivity contribution in [1.82, 2.24) is 10.5 Å². The zero-order chi connectivity index (χ0) is 13.8. The molecule has 0 unspecified atom stereocenters. The molecule has 6 heteroatoms. The molecule has 2 aromatic rings. The molecule has 19 heavy (non-hydrogen) atoms. The first kappa shape index (κ1) is 13.1. The first-order valence-electron chi connectivity index (χ1n) is 5.78. The van der Waals surface area contributed by atoms with Crippen LogP contribution in [0.3, 0.4) is 0 Å². The summed E-state index contributed by atoms with van der Waals surface area (Å²) in [5, 5.41) is 8.74. The van der Waals surface area contributed by atoms with E-state index in [1.54, 1.807) is 32.0 Å². The van der Waals surface area contributed by atoms with Gasteiger partial charge >= 0.3 is 6.03 Å². The first-order valence-corrected chi connectivity index (χ1v) is 5.78. The molecule has 0 spiro atoms. The fourth-order valence-corrected chi connectivity index (χ4v) is 1.51. The number of halogens is 1. The third kappa shape index (κ3) is 3.54. The van der Waals surface area contributed by atoms with Crippen LogP contribution in [0.2, 0.25) is 0 Å². The molecule has 0 aliphatic rings.